The van der Waals surface area contributed by atoms with E-state index in [-0.39, 0.29) is 35.2 Å². The fraction of sp³-hybridized carbons (Fsp3) is 0.464. The zero-order chi connectivity index (χ0) is 25.6. The number of para-hydroxylation sites is 1. The van der Waals surface area contributed by atoms with Crippen molar-refractivity contribution in [2.75, 3.05) is 18.4 Å². The first kappa shape index (κ1) is 26.3. The first-order valence-electron chi connectivity index (χ1n) is 12.4. The van der Waals surface area contributed by atoms with E-state index in [0.717, 1.165) is 11.3 Å². The number of nitrogens with zero attached hydrogens (tertiary/aromatic N) is 1. The highest BCUT2D eigenvalue weighted by Gasteiger charge is 2.29. The Balaban J connectivity index is 1.52. The predicted molar refractivity (Wildman–Crippen MR) is 139 cm³/mol. The molecule has 188 valence electrons. The molecule has 1 saturated heterocycles. The Kier molecular flexibility index (Phi) is 8.54. The van der Waals surface area contributed by atoms with Crippen LogP contribution in [0, 0.1) is 5.92 Å². The summed E-state index contributed by atoms with van der Waals surface area (Å²) in [7, 11) is 0. The van der Waals surface area contributed by atoms with Crippen LogP contribution in [0.1, 0.15) is 63.4 Å². The van der Waals surface area contributed by atoms with Crippen LogP contribution in [0.3, 0.4) is 0 Å². The lowest BCUT2D eigenvalue weighted by atomic mass is 9.86. The molecule has 0 bridgehead atoms. The molecule has 1 unspecified atom stereocenters. The molecule has 35 heavy (non-hydrogen) atoms. The minimum atomic E-state index is -0.635. The Morgan fingerprint density at radius 2 is 1.51 bits per heavy atom. The summed E-state index contributed by atoms with van der Waals surface area (Å²) in [5.74, 6) is -0.511. The third-order valence-corrected chi connectivity index (χ3v) is 6.40. The van der Waals surface area contributed by atoms with Crippen molar-refractivity contribution in [3.63, 3.8) is 0 Å². The van der Waals surface area contributed by atoms with E-state index in [4.69, 9.17) is 0 Å². The zero-order valence-electron chi connectivity index (χ0n) is 21.4. The van der Waals surface area contributed by atoms with Crippen LogP contribution in [-0.4, -0.2) is 47.9 Å². The van der Waals surface area contributed by atoms with Crippen LogP contribution in [0.4, 0.5) is 10.5 Å². The molecule has 0 aliphatic carbocycles. The number of urea groups is 1. The lowest BCUT2D eigenvalue weighted by molar-refractivity contribution is -0.124. The van der Waals surface area contributed by atoms with Crippen molar-refractivity contribution in [1.29, 1.82) is 0 Å². The van der Waals surface area contributed by atoms with Gasteiger partial charge in [-0.3, -0.25) is 9.59 Å². The van der Waals surface area contributed by atoms with Gasteiger partial charge < -0.3 is 20.9 Å². The minimum absolute atomic E-state index is 0.00710. The van der Waals surface area contributed by atoms with E-state index in [0.29, 0.717) is 31.5 Å². The van der Waals surface area contributed by atoms with Crippen molar-refractivity contribution in [3.8, 4) is 0 Å². The lowest BCUT2D eigenvalue weighted by Gasteiger charge is -2.33. The molecule has 1 aliphatic rings. The topological polar surface area (TPSA) is 90.5 Å². The van der Waals surface area contributed by atoms with Crippen molar-refractivity contribution in [3.05, 3.63) is 65.7 Å². The molecule has 1 atom stereocenters. The first-order valence-corrected chi connectivity index (χ1v) is 12.4. The van der Waals surface area contributed by atoms with Crippen molar-refractivity contribution in [2.45, 2.75) is 65.0 Å². The Bertz CT molecular complexity index is 1000. The minimum Gasteiger partial charge on any atom is -0.351 e. The van der Waals surface area contributed by atoms with Crippen LogP contribution in [0.15, 0.2) is 54.6 Å². The third kappa shape index (κ3) is 7.31. The highest BCUT2D eigenvalue weighted by molar-refractivity contribution is 5.97. The van der Waals surface area contributed by atoms with Crippen molar-refractivity contribution >= 4 is 23.5 Å². The van der Waals surface area contributed by atoms with Crippen LogP contribution < -0.4 is 16.0 Å². The second-order valence-electron chi connectivity index (χ2n) is 10.6. The van der Waals surface area contributed by atoms with E-state index in [2.05, 4.69) is 36.7 Å². The van der Waals surface area contributed by atoms with Crippen LogP contribution in [-0.2, 0) is 10.2 Å². The van der Waals surface area contributed by atoms with Gasteiger partial charge in [0.1, 0.15) is 6.04 Å². The highest BCUT2D eigenvalue weighted by Crippen LogP contribution is 2.22. The predicted octanol–water partition coefficient (Wildman–Crippen LogP) is 4.55. The molecule has 1 aliphatic heterocycles. The second kappa shape index (κ2) is 11.4. The number of carbonyl (C=O) groups excluding carboxylic acids is 3. The van der Waals surface area contributed by atoms with Gasteiger partial charge in [0.25, 0.3) is 5.91 Å². The SMILES string of the molecule is CC(C)C(NC(=O)c1ccc(C(C)(C)C)cc1)C(=O)NC1CCN(C(=O)Nc2ccccc2)CC1. The fourth-order valence-corrected chi connectivity index (χ4v) is 4.12. The summed E-state index contributed by atoms with van der Waals surface area (Å²) in [6.07, 6.45) is 1.34. The number of nitrogens with one attached hydrogen (secondary N) is 3. The molecular weight excluding hydrogens is 440 g/mol. The molecule has 4 amide bonds. The molecule has 0 radical (unpaired) electrons. The van der Waals surface area contributed by atoms with Gasteiger partial charge >= 0.3 is 6.03 Å². The van der Waals surface area contributed by atoms with Crippen LogP contribution in [0.5, 0.6) is 0 Å². The normalized spacial score (nSPS) is 15.4. The molecule has 7 nitrogen and oxygen atoms in total. The molecule has 7 heteroatoms. The van der Waals surface area contributed by atoms with Crippen LogP contribution >= 0.6 is 0 Å². The maximum absolute atomic E-state index is 13.0. The van der Waals surface area contributed by atoms with E-state index in [9.17, 15) is 14.4 Å². The molecular formula is C28H38N4O3. The van der Waals surface area contributed by atoms with Gasteiger partial charge in [0.05, 0.1) is 0 Å². The van der Waals surface area contributed by atoms with Gasteiger partial charge in [-0.25, -0.2) is 4.79 Å². The number of benzene rings is 2. The standard InChI is InChI=1S/C28H38N4O3/c1-19(2)24(31-25(33)20-11-13-21(14-12-20)28(3,4)5)26(34)29-23-15-17-32(18-16-23)27(35)30-22-9-7-6-8-10-22/h6-14,19,23-24H,15-18H2,1-5H3,(H,29,34)(H,30,35)(H,31,33). The summed E-state index contributed by atoms with van der Waals surface area (Å²) in [6, 6.07) is 16.1. The average molecular weight is 479 g/mol. The number of rotatable bonds is 6. The van der Waals surface area contributed by atoms with E-state index in [1.165, 1.54) is 0 Å². The Labute approximate surface area is 208 Å². The van der Waals surface area contributed by atoms with Gasteiger partial charge in [0.2, 0.25) is 5.91 Å². The molecule has 3 rings (SSSR count). The molecule has 0 aromatic heterocycles. The molecule has 2 aromatic carbocycles. The summed E-state index contributed by atoms with van der Waals surface area (Å²) >= 11 is 0. The lowest BCUT2D eigenvalue weighted by Crippen LogP contribution is -2.54. The number of amides is 4. The fourth-order valence-electron chi connectivity index (χ4n) is 4.12. The van der Waals surface area contributed by atoms with Gasteiger partial charge in [-0.2, -0.15) is 0 Å². The summed E-state index contributed by atoms with van der Waals surface area (Å²) in [5.41, 5.74) is 2.45. The largest absolute Gasteiger partial charge is 0.351 e. The maximum atomic E-state index is 13.0. The Hall–Kier alpha value is -3.35. The van der Waals surface area contributed by atoms with E-state index < -0.39 is 6.04 Å². The molecule has 1 heterocycles. The van der Waals surface area contributed by atoms with Gasteiger partial charge in [-0.1, -0.05) is 65.0 Å². The number of piperidine rings is 1. The third-order valence-electron chi connectivity index (χ3n) is 6.40. The summed E-state index contributed by atoms with van der Waals surface area (Å²) < 4.78 is 0. The second-order valence-corrected chi connectivity index (χ2v) is 10.6. The molecule has 0 saturated carbocycles. The summed E-state index contributed by atoms with van der Waals surface area (Å²) in [5, 5.41) is 8.89. The van der Waals surface area contributed by atoms with Crippen molar-refractivity contribution < 1.29 is 14.4 Å². The number of anilines is 1. The molecule has 2 aromatic rings. The number of hydrogen-bond acceptors (Lipinski definition) is 3. The Morgan fingerprint density at radius 1 is 0.914 bits per heavy atom. The van der Waals surface area contributed by atoms with E-state index >= 15 is 0 Å². The van der Waals surface area contributed by atoms with Crippen LogP contribution in [0.2, 0.25) is 0 Å². The number of hydrogen-bond donors (Lipinski definition) is 3. The Morgan fingerprint density at radius 3 is 2.06 bits per heavy atom. The maximum Gasteiger partial charge on any atom is 0.321 e. The highest BCUT2D eigenvalue weighted by atomic mass is 16.2. The monoisotopic (exact) mass is 478 g/mol. The summed E-state index contributed by atoms with van der Waals surface area (Å²) in [6.45, 7) is 11.3. The van der Waals surface area contributed by atoms with Gasteiger partial charge in [-0.05, 0) is 54.0 Å². The van der Waals surface area contributed by atoms with Gasteiger partial charge in [0.15, 0.2) is 0 Å². The molecule has 3 N–H and O–H groups in total. The quantitative estimate of drug-likeness (QED) is 0.569. The van der Waals surface area contributed by atoms with Crippen LogP contribution in [0.25, 0.3) is 0 Å². The zero-order valence-corrected chi connectivity index (χ0v) is 21.4. The van der Waals surface area contributed by atoms with Crippen molar-refractivity contribution in [2.24, 2.45) is 5.92 Å². The van der Waals surface area contributed by atoms with E-state index in [1.54, 1.807) is 17.0 Å². The van der Waals surface area contributed by atoms with Gasteiger partial charge in [-0.15, -0.1) is 0 Å². The smallest absolute Gasteiger partial charge is 0.321 e. The average Bonchev–Trinajstić information content (AvgIpc) is 2.82. The number of likely N-dealkylation sites (tertiary alicyclic amines) is 1. The van der Waals surface area contributed by atoms with Crippen molar-refractivity contribution in [1.82, 2.24) is 15.5 Å². The number of carbonyl (C=O) groups is 3. The summed E-state index contributed by atoms with van der Waals surface area (Å²) in [4.78, 5) is 40.2. The molecule has 0 spiro atoms. The van der Waals surface area contributed by atoms with E-state index in [1.807, 2.05) is 56.3 Å². The first-order chi connectivity index (χ1) is 16.5. The molecule has 1 fully saturated rings. The van der Waals surface area contributed by atoms with Gasteiger partial charge in [0, 0.05) is 30.4 Å².